The number of carbonyl (C=O) groups excluding carboxylic acids is 1. The van der Waals surface area contributed by atoms with Gasteiger partial charge in [0, 0.05) is 20.2 Å². The van der Waals surface area contributed by atoms with E-state index in [0.29, 0.717) is 50.7 Å². The van der Waals surface area contributed by atoms with Crippen LogP contribution in [0, 0.1) is 5.41 Å². The first kappa shape index (κ1) is 17.7. The summed E-state index contributed by atoms with van der Waals surface area (Å²) >= 11 is 0. The van der Waals surface area contributed by atoms with Crippen molar-refractivity contribution >= 4 is 6.03 Å². The lowest BCUT2D eigenvalue weighted by Gasteiger charge is -2.29. The lowest BCUT2D eigenvalue weighted by molar-refractivity contribution is 0.121. The van der Waals surface area contributed by atoms with Gasteiger partial charge in [-0.2, -0.15) is 4.98 Å². The van der Waals surface area contributed by atoms with Crippen LogP contribution in [-0.2, 0) is 17.7 Å². The molecule has 1 fully saturated rings. The number of aliphatic hydroxyl groups excluding tert-OH is 1. The van der Waals surface area contributed by atoms with Crippen molar-refractivity contribution in [2.45, 2.75) is 45.8 Å². The third-order valence-electron chi connectivity index (χ3n) is 3.85. The Kier molecular flexibility index (Phi) is 5.95. The Morgan fingerprint density at radius 2 is 2.35 bits per heavy atom. The molecule has 8 heteroatoms. The molecule has 1 saturated heterocycles. The van der Waals surface area contributed by atoms with Crippen molar-refractivity contribution in [3.05, 3.63) is 11.7 Å². The number of nitrogens with one attached hydrogen (secondary N) is 1. The molecule has 1 aliphatic heterocycles. The van der Waals surface area contributed by atoms with E-state index in [1.165, 1.54) is 0 Å². The van der Waals surface area contributed by atoms with Gasteiger partial charge in [0.05, 0.1) is 25.7 Å². The molecule has 2 N–H and O–H groups in total. The molecule has 0 aliphatic carbocycles. The molecule has 2 amide bonds. The van der Waals surface area contributed by atoms with Crippen molar-refractivity contribution in [2.24, 2.45) is 5.41 Å². The average molecular weight is 326 g/mol. The fourth-order valence-corrected chi connectivity index (χ4v) is 2.80. The summed E-state index contributed by atoms with van der Waals surface area (Å²) in [4.78, 5) is 18.3. The van der Waals surface area contributed by atoms with E-state index < -0.39 is 0 Å². The van der Waals surface area contributed by atoms with Gasteiger partial charge in [0.2, 0.25) is 5.89 Å². The van der Waals surface area contributed by atoms with Gasteiger partial charge in [-0.25, -0.2) is 4.79 Å². The zero-order valence-electron chi connectivity index (χ0n) is 14.0. The normalized spacial score (nSPS) is 21.0. The number of nitrogens with zero attached hydrogens (tertiary/aromatic N) is 3. The smallest absolute Gasteiger partial charge is 0.317 e. The Bertz CT molecular complexity index is 517. The number of methoxy groups -OCH3 is 1. The number of urea groups is 1. The van der Waals surface area contributed by atoms with Crippen molar-refractivity contribution in [1.29, 1.82) is 0 Å². The van der Waals surface area contributed by atoms with Crippen molar-refractivity contribution in [3.63, 3.8) is 0 Å². The van der Waals surface area contributed by atoms with E-state index in [0.717, 1.165) is 0 Å². The second kappa shape index (κ2) is 7.74. The van der Waals surface area contributed by atoms with E-state index in [2.05, 4.69) is 29.3 Å². The molecule has 0 spiro atoms. The highest BCUT2D eigenvalue weighted by Crippen LogP contribution is 2.28. The van der Waals surface area contributed by atoms with Gasteiger partial charge in [0.25, 0.3) is 0 Å². The molecule has 0 bridgehead atoms. The van der Waals surface area contributed by atoms with Gasteiger partial charge in [-0.05, 0) is 18.3 Å². The van der Waals surface area contributed by atoms with E-state index in [9.17, 15) is 9.90 Å². The summed E-state index contributed by atoms with van der Waals surface area (Å²) in [6.45, 7) is 6.00. The van der Waals surface area contributed by atoms with Gasteiger partial charge in [0.15, 0.2) is 5.82 Å². The number of hydrogen-bond acceptors (Lipinski definition) is 6. The number of likely N-dealkylation sites (tertiary alicyclic amines) is 1. The van der Waals surface area contributed by atoms with E-state index in [1.807, 2.05) is 0 Å². The van der Waals surface area contributed by atoms with Crippen molar-refractivity contribution in [1.82, 2.24) is 20.4 Å². The van der Waals surface area contributed by atoms with Crippen LogP contribution in [0.2, 0.25) is 0 Å². The Hall–Kier alpha value is -1.67. The van der Waals surface area contributed by atoms with Crippen LogP contribution in [0.5, 0.6) is 0 Å². The third kappa shape index (κ3) is 5.47. The quantitative estimate of drug-likeness (QED) is 0.835. The summed E-state index contributed by atoms with van der Waals surface area (Å²) in [5, 5.41) is 16.5. The van der Waals surface area contributed by atoms with Crippen LogP contribution in [0.15, 0.2) is 4.52 Å². The average Bonchev–Trinajstić information content (AvgIpc) is 2.88. The number of ether oxygens (including phenoxy) is 1. The van der Waals surface area contributed by atoms with Crippen molar-refractivity contribution in [2.75, 3.05) is 26.8 Å². The highest BCUT2D eigenvalue weighted by Gasteiger charge is 2.31. The molecular formula is C15H26N4O4. The molecule has 0 aromatic carbocycles. The zero-order valence-corrected chi connectivity index (χ0v) is 14.0. The third-order valence-corrected chi connectivity index (χ3v) is 3.85. The minimum atomic E-state index is -0.358. The Morgan fingerprint density at radius 3 is 3.09 bits per heavy atom. The highest BCUT2D eigenvalue weighted by atomic mass is 16.5. The molecule has 1 aliphatic rings. The van der Waals surface area contributed by atoms with E-state index in [4.69, 9.17) is 9.26 Å². The van der Waals surface area contributed by atoms with Crippen LogP contribution in [0.25, 0.3) is 0 Å². The second-order valence-corrected chi connectivity index (χ2v) is 6.74. The molecular weight excluding hydrogens is 300 g/mol. The van der Waals surface area contributed by atoms with Crippen LogP contribution < -0.4 is 5.32 Å². The largest absolute Gasteiger partial charge is 0.393 e. The van der Waals surface area contributed by atoms with Gasteiger partial charge in [-0.3, -0.25) is 0 Å². The number of hydrogen-bond donors (Lipinski definition) is 2. The lowest BCUT2D eigenvalue weighted by atomic mass is 9.87. The molecule has 1 unspecified atom stereocenters. The number of aromatic nitrogens is 2. The van der Waals surface area contributed by atoms with E-state index in [1.54, 1.807) is 12.0 Å². The predicted molar refractivity (Wildman–Crippen MR) is 82.7 cm³/mol. The Labute approximate surface area is 136 Å². The van der Waals surface area contributed by atoms with Gasteiger partial charge >= 0.3 is 6.03 Å². The van der Waals surface area contributed by atoms with Crippen LogP contribution in [-0.4, -0.2) is 59.1 Å². The zero-order chi connectivity index (χ0) is 16.9. The maximum Gasteiger partial charge on any atom is 0.317 e. The number of rotatable bonds is 5. The van der Waals surface area contributed by atoms with Crippen LogP contribution in [0.1, 0.15) is 38.4 Å². The second-order valence-electron chi connectivity index (χ2n) is 6.74. The van der Waals surface area contributed by atoms with Crippen LogP contribution in [0.4, 0.5) is 4.79 Å². The van der Waals surface area contributed by atoms with Crippen molar-refractivity contribution < 1.29 is 19.2 Å². The van der Waals surface area contributed by atoms with Crippen molar-refractivity contribution in [3.8, 4) is 0 Å². The molecule has 0 saturated carbocycles. The number of aliphatic hydroxyl groups is 1. The summed E-state index contributed by atoms with van der Waals surface area (Å²) < 4.78 is 10.0. The fourth-order valence-electron chi connectivity index (χ4n) is 2.80. The monoisotopic (exact) mass is 326 g/mol. The predicted octanol–water partition coefficient (Wildman–Crippen LogP) is 0.951. The van der Waals surface area contributed by atoms with Crippen LogP contribution in [0.3, 0.4) is 0 Å². The maximum absolute atomic E-state index is 12.3. The maximum atomic E-state index is 12.3. The summed E-state index contributed by atoms with van der Waals surface area (Å²) in [5.74, 6) is 0.939. The first-order valence-electron chi connectivity index (χ1n) is 7.91. The number of carbonyl (C=O) groups is 1. The minimum absolute atomic E-state index is 0.104. The molecule has 2 heterocycles. The van der Waals surface area contributed by atoms with E-state index >= 15 is 0 Å². The minimum Gasteiger partial charge on any atom is -0.393 e. The summed E-state index contributed by atoms with van der Waals surface area (Å²) in [6, 6.07) is -0.171. The molecule has 0 radical (unpaired) electrons. The first-order valence-corrected chi connectivity index (χ1v) is 7.91. The lowest BCUT2D eigenvalue weighted by Crippen LogP contribution is -2.43. The SMILES string of the molecule is COCCc1nc(CNC(=O)N2CCC(O)CC(C)(C)C2)no1. The molecule has 1 atom stereocenters. The summed E-state index contributed by atoms with van der Waals surface area (Å²) in [5.41, 5.74) is -0.104. The molecule has 2 rings (SSSR count). The fraction of sp³-hybridized carbons (Fsp3) is 0.800. The molecule has 1 aromatic rings. The molecule has 1 aromatic heterocycles. The Balaban J connectivity index is 1.85. The standard InChI is InChI=1S/C15H26N4O4/c1-15(2)8-11(20)4-6-19(10-15)14(21)16-9-12-17-13(23-18-12)5-7-22-3/h11,20H,4-10H2,1-3H3,(H,16,21). The highest BCUT2D eigenvalue weighted by molar-refractivity contribution is 5.74. The molecule has 130 valence electrons. The Morgan fingerprint density at radius 1 is 1.57 bits per heavy atom. The molecule has 8 nitrogen and oxygen atoms in total. The summed E-state index contributed by atoms with van der Waals surface area (Å²) in [6.07, 6.45) is 1.49. The van der Waals surface area contributed by atoms with Crippen LogP contribution >= 0.6 is 0 Å². The topological polar surface area (TPSA) is 101 Å². The van der Waals surface area contributed by atoms with Gasteiger partial charge in [-0.15, -0.1) is 0 Å². The van der Waals surface area contributed by atoms with E-state index in [-0.39, 0.29) is 24.1 Å². The first-order chi connectivity index (χ1) is 10.9. The van der Waals surface area contributed by atoms with Gasteiger partial charge in [0.1, 0.15) is 0 Å². The number of amides is 2. The molecule has 23 heavy (non-hydrogen) atoms. The van der Waals surface area contributed by atoms with Gasteiger partial charge in [-0.1, -0.05) is 19.0 Å². The summed E-state index contributed by atoms with van der Waals surface area (Å²) in [7, 11) is 1.61. The van der Waals surface area contributed by atoms with Gasteiger partial charge < -0.3 is 24.6 Å².